The molecule has 5 nitrogen and oxygen atoms in total. The molecule has 0 aliphatic rings. The molecule has 2 N–H and O–H groups in total. The first-order valence-electron chi connectivity index (χ1n) is 4.40. The van der Waals surface area contributed by atoms with Crippen molar-refractivity contribution in [3.05, 3.63) is 40.1 Å². The Morgan fingerprint density at radius 1 is 1.60 bits per heavy atom. The molecule has 0 aliphatic heterocycles. The molecule has 6 heteroatoms. The van der Waals surface area contributed by atoms with Crippen LogP contribution in [0.2, 0.25) is 0 Å². The Kier molecular flexibility index (Phi) is 2.51. The van der Waals surface area contributed by atoms with Gasteiger partial charge in [-0.05, 0) is 12.5 Å². The molecule has 15 heavy (non-hydrogen) atoms. The van der Waals surface area contributed by atoms with Crippen LogP contribution in [0.3, 0.4) is 0 Å². The van der Waals surface area contributed by atoms with E-state index in [1.54, 1.807) is 12.4 Å². The van der Waals surface area contributed by atoms with E-state index in [-0.39, 0.29) is 5.56 Å². The highest BCUT2D eigenvalue weighted by Crippen LogP contribution is 2.06. The lowest BCUT2D eigenvalue weighted by molar-refractivity contribution is 0.746. The summed E-state index contributed by atoms with van der Waals surface area (Å²) in [5.41, 5.74) is 7.83. The summed E-state index contributed by atoms with van der Waals surface area (Å²) >= 11 is 1.13. The lowest BCUT2D eigenvalue weighted by Gasteiger charge is -2.05. The Morgan fingerprint density at radius 3 is 3.07 bits per heavy atom. The Labute approximate surface area is 90.5 Å². The van der Waals surface area contributed by atoms with Crippen LogP contribution in [0.15, 0.2) is 23.3 Å². The Bertz CT molecular complexity index is 517. The summed E-state index contributed by atoms with van der Waals surface area (Å²) in [6, 6.07) is 1.52. The molecule has 2 aromatic heterocycles. The second-order valence-electron chi connectivity index (χ2n) is 3.28. The number of aromatic nitrogens is 3. The second kappa shape index (κ2) is 3.82. The smallest absolute Gasteiger partial charge is 0.251 e. The van der Waals surface area contributed by atoms with Crippen LogP contribution in [0.5, 0.6) is 0 Å². The van der Waals surface area contributed by atoms with Gasteiger partial charge >= 0.3 is 0 Å². The molecule has 0 aromatic carbocycles. The molecule has 2 heterocycles. The van der Waals surface area contributed by atoms with Crippen LogP contribution in [0.1, 0.15) is 11.3 Å². The van der Waals surface area contributed by atoms with Gasteiger partial charge in [-0.1, -0.05) is 0 Å². The molecule has 0 atom stereocenters. The van der Waals surface area contributed by atoms with Gasteiger partial charge in [0.05, 0.1) is 35.9 Å². The normalized spacial score (nSPS) is 10.5. The molecule has 0 spiro atoms. The third-order valence-electron chi connectivity index (χ3n) is 2.11. The number of hydrogen-bond acceptors (Lipinski definition) is 5. The molecule has 0 bridgehead atoms. The van der Waals surface area contributed by atoms with Crippen molar-refractivity contribution in [1.29, 1.82) is 0 Å². The summed E-state index contributed by atoms with van der Waals surface area (Å²) in [6.07, 6.45) is 3.28. The minimum atomic E-state index is -0.0744. The minimum absolute atomic E-state index is 0.0744. The Morgan fingerprint density at radius 2 is 2.40 bits per heavy atom. The maximum absolute atomic E-state index is 11.6. The first-order valence-corrected chi connectivity index (χ1v) is 5.13. The van der Waals surface area contributed by atoms with Crippen molar-refractivity contribution in [3.8, 4) is 0 Å². The SMILES string of the molecule is Cc1cc(=O)n(Cc2cnsn2)cc1N. The van der Waals surface area contributed by atoms with E-state index in [0.717, 1.165) is 23.0 Å². The number of rotatable bonds is 2. The van der Waals surface area contributed by atoms with Crippen LogP contribution in [0, 0.1) is 6.92 Å². The summed E-state index contributed by atoms with van der Waals surface area (Å²) in [5, 5.41) is 0. The highest BCUT2D eigenvalue weighted by molar-refractivity contribution is 6.99. The molecular weight excluding hydrogens is 212 g/mol. The van der Waals surface area contributed by atoms with Gasteiger partial charge < -0.3 is 10.3 Å². The molecule has 0 saturated carbocycles. The largest absolute Gasteiger partial charge is 0.397 e. The van der Waals surface area contributed by atoms with E-state index in [4.69, 9.17) is 5.73 Å². The van der Waals surface area contributed by atoms with Gasteiger partial charge in [-0.2, -0.15) is 8.75 Å². The quantitative estimate of drug-likeness (QED) is 0.809. The van der Waals surface area contributed by atoms with Crippen LogP contribution < -0.4 is 11.3 Å². The Hall–Kier alpha value is -1.69. The van der Waals surface area contributed by atoms with E-state index in [1.807, 2.05) is 6.92 Å². The lowest BCUT2D eigenvalue weighted by atomic mass is 10.2. The van der Waals surface area contributed by atoms with Crippen molar-refractivity contribution in [2.45, 2.75) is 13.5 Å². The predicted octanol–water partition coefficient (Wildman–Crippen LogP) is 0.639. The molecule has 0 radical (unpaired) electrons. The summed E-state index contributed by atoms with van der Waals surface area (Å²) in [4.78, 5) is 11.6. The van der Waals surface area contributed by atoms with Crippen LogP contribution in [0.25, 0.3) is 0 Å². The predicted molar refractivity (Wildman–Crippen MR) is 58.9 cm³/mol. The fourth-order valence-electron chi connectivity index (χ4n) is 1.24. The first-order chi connectivity index (χ1) is 7.16. The average molecular weight is 222 g/mol. The molecule has 0 amide bonds. The number of nitrogens with zero attached hydrogens (tertiary/aromatic N) is 3. The van der Waals surface area contributed by atoms with Crippen molar-refractivity contribution in [2.75, 3.05) is 5.73 Å². The van der Waals surface area contributed by atoms with Crippen molar-refractivity contribution >= 4 is 17.4 Å². The van der Waals surface area contributed by atoms with Crippen LogP contribution in [-0.4, -0.2) is 13.3 Å². The summed E-state index contributed by atoms with van der Waals surface area (Å²) in [6.45, 7) is 2.23. The molecule has 0 unspecified atom stereocenters. The Balaban J connectivity index is 2.37. The van der Waals surface area contributed by atoms with Gasteiger partial charge in [-0.25, -0.2) is 0 Å². The summed E-state index contributed by atoms with van der Waals surface area (Å²) < 4.78 is 9.43. The summed E-state index contributed by atoms with van der Waals surface area (Å²) in [7, 11) is 0. The van der Waals surface area contributed by atoms with E-state index >= 15 is 0 Å². The number of hydrogen-bond donors (Lipinski definition) is 1. The van der Waals surface area contributed by atoms with Gasteiger partial charge in [-0.15, -0.1) is 0 Å². The van der Waals surface area contributed by atoms with E-state index in [2.05, 4.69) is 8.75 Å². The van der Waals surface area contributed by atoms with Gasteiger partial charge in [0.25, 0.3) is 5.56 Å². The van der Waals surface area contributed by atoms with E-state index in [0.29, 0.717) is 12.2 Å². The molecule has 78 valence electrons. The zero-order chi connectivity index (χ0) is 10.8. The van der Waals surface area contributed by atoms with Crippen molar-refractivity contribution in [1.82, 2.24) is 13.3 Å². The minimum Gasteiger partial charge on any atom is -0.397 e. The second-order valence-corrected chi connectivity index (χ2v) is 3.83. The molecule has 0 aliphatic carbocycles. The number of anilines is 1. The number of pyridine rings is 1. The lowest BCUT2D eigenvalue weighted by Crippen LogP contribution is -2.20. The van der Waals surface area contributed by atoms with Crippen molar-refractivity contribution in [3.63, 3.8) is 0 Å². The van der Waals surface area contributed by atoms with Gasteiger partial charge in [0.1, 0.15) is 0 Å². The first kappa shape index (κ1) is 9.85. The highest BCUT2D eigenvalue weighted by atomic mass is 32.1. The van der Waals surface area contributed by atoms with Gasteiger partial charge in [0, 0.05) is 12.3 Å². The molecule has 2 aromatic rings. The molecule has 2 rings (SSSR count). The fourth-order valence-corrected chi connectivity index (χ4v) is 1.66. The number of nitrogen functional groups attached to an aromatic ring is 1. The maximum atomic E-state index is 11.6. The van der Waals surface area contributed by atoms with Crippen molar-refractivity contribution in [2.24, 2.45) is 0 Å². The third kappa shape index (κ3) is 2.04. The fraction of sp³-hybridized carbons (Fsp3) is 0.222. The average Bonchev–Trinajstić information content (AvgIpc) is 2.67. The third-order valence-corrected chi connectivity index (χ3v) is 2.63. The topological polar surface area (TPSA) is 73.8 Å². The van der Waals surface area contributed by atoms with Crippen LogP contribution >= 0.6 is 11.7 Å². The van der Waals surface area contributed by atoms with Crippen LogP contribution in [-0.2, 0) is 6.54 Å². The van der Waals surface area contributed by atoms with Gasteiger partial charge in [-0.3, -0.25) is 4.79 Å². The zero-order valence-corrected chi connectivity index (χ0v) is 8.99. The maximum Gasteiger partial charge on any atom is 0.251 e. The van der Waals surface area contributed by atoms with E-state index in [9.17, 15) is 4.79 Å². The monoisotopic (exact) mass is 222 g/mol. The summed E-state index contributed by atoms with van der Waals surface area (Å²) in [5.74, 6) is 0. The van der Waals surface area contributed by atoms with E-state index < -0.39 is 0 Å². The number of nitrogens with two attached hydrogens (primary N) is 1. The zero-order valence-electron chi connectivity index (χ0n) is 8.17. The molecule has 0 fully saturated rings. The molecule has 0 saturated heterocycles. The van der Waals surface area contributed by atoms with Gasteiger partial charge in [0.15, 0.2) is 0 Å². The van der Waals surface area contributed by atoms with Crippen LogP contribution in [0.4, 0.5) is 5.69 Å². The van der Waals surface area contributed by atoms with E-state index in [1.165, 1.54) is 10.6 Å². The molecular formula is C9H10N4OS. The van der Waals surface area contributed by atoms with Crippen molar-refractivity contribution < 1.29 is 0 Å². The highest BCUT2D eigenvalue weighted by Gasteiger charge is 2.03. The standard InChI is InChI=1S/C9H10N4OS/c1-6-2-9(14)13(5-8(6)10)4-7-3-11-15-12-7/h2-3,5H,4,10H2,1H3. The number of aryl methyl sites for hydroxylation is 1. The van der Waals surface area contributed by atoms with Gasteiger partial charge in [0.2, 0.25) is 0 Å².